The maximum Gasteiger partial charge on any atom is 0.264 e. The van der Waals surface area contributed by atoms with E-state index in [0.717, 1.165) is 11.3 Å². The Morgan fingerprint density at radius 1 is 1.00 bits per heavy atom. The fourth-order valence-corrected chi connectivity index (χ4v) is 3.85. The normalized spacial score (nSPS) is 11.2. The van der Waals surface area contributed by atoms with Crippen LogP contribution in [0.25, 0.3) is 0 Å². The number of rotatable bonds is 6. The van der Waals surface area contributed by atoms with Crippen LogP contribution in [0.2, 0.25) is 5.02 Å². The quantitative estimate of drug-likeness (QED) is 0.655. The van der Waals surface area contributed by atoms with Crippen molar-refractivity contribution < 1.29 is 8.42 Å². The lowest BCUT2D eigenvalue weighted by atomic mass is 10.1. The third-order valence-electron chi connectivity index (χ3n) is 3.75. The van der Waals surface area contributed by atoms with Gasteiger partial charge in [-0.2, -0.15) is 0 Å². The summed E-state index contributed by atoms with van der Waals surface area (Å²) in [5, 5.41) is 3.41. The van der Waals surface area contributed by atoms with Crippen LogP contribution in [-0.4, -0.2) is 13.4 Å². The van der Waals surface area contributed by atoms with Crippen molar-refractivity contribution in [3.05, 3.63) is 83.0 Å². The number of sulfonamides is 1. The van der Waals surface area contributed by atoms with Crippen molar-refractivity contribution in [1.82, 2.24) is 4.98 Å². The van der Waals surface area contributed by atoms with Gasteiger partial charge in [0.2, 0.25) is 0 Å². The van der Waals surface area contributed by atoms with Gasteiger partial charge in [-0.05, 0) is 36.8 Å². The van der Waals surface area contributed by atoms with Crippen LogP contribution in [0.3, 0.4) is 0 Å². The minimum absolute atomic E-state index is 0.0186. The summed E-state index contributed by atoms with van der Waals surface area (Å²) in [4.78, 5) is 4.17. The van der Waals surface area contributed by atoms with Crippen LogP contribution in [0.15, 0.2) is 71.8 Å². The molecular weight excluding hydrogens is 370 g/mol. The van der Waals surface area contributed by atoms with E-state index in [1.807, 2.05) is 6.92 Å². The fraction of sp³-hybridized carbons (Fsp3) is 0.105. The van der Waals surface area contributed by atoms with Gasteiger partial charge in [-0.25, -0.2) is 13.4 Å². The van der Waals surface area contributed by atoms with E-state index in [4.69, 9.17) is 11.6 Å². The van der Waals surface area contributed by atoms with Crippen LogP contribution >= 0.6 is 11.6 Å². The zero-order valence-electron chi connectivity index (χ0n) is 14.1. The number of pyridine rings is 1. The molecule has 0 atom stereocenters. The summed E-state index contributed by atoms with van der Waals surface area (Å²) in [6.45, 7) is 2.70. The molecule has 1 aromatic heterocycles. The molecule has 0 saturated carbocycles. The Morgan fingerprint density at radius 2 is 1.73 bits per heavy atom. The average Bonchev–Trinajstić information content (AvgIpc) is 2.62. The predicted octanol–water partition coefficient (Wildman–Crippen LogP) is 4.46. The van der Waals surface area contributed by atoms with E-state index in [-0.39, 0.29) is 15.7 Å². The molecule has 0 bridgehead atoms. The first-order valence-corrected chi connectivity index (χ1v) is 9.83. The lowest BCUT2D eigenvalue weighted by molar-refractivity contribution is 0.601. The summed E-state index contributed by atoms with van der Waals surface area (Å²) in [5.74, 6) is 0.228. The molecule has 1 heterocycles. The number of nitrogens with zero attached hydrogens (tertiary/aromatic N) is 1. The van der Waals surface area contributed by atoms with Gasteiger partial charge in [0.15, 0.2) is 0 Å². The van der Waals surface area contributed by atoms with Crippen molar-refractivity contribution in [2.24, 2.45) is 0 Å². The zero-order chi connectivity index (χ0) is 18.6. The molecule has 2 aromatic carbocycles. The minimum Gasteiger partial charge on any atom is -0.380 e. The molecule has 26 heavy (non-hydrogen) atoms. The van der Waals surface area contributed by atoms with Gasteiger partial charge in [-0.1, -0.05) is 53.6 Å². The van der Waals surface area contributed by atoms with Gasteiger partial charge >= 0.3 is 0 Å². The molecule has 0 saturated heterocycles. The Labute approximate surface area is 158 Å². The Balaban J connectivity index is 1.66. The van der Waals surface area contributed by atoms with Gasteiger partial charge in [0, 0.05) is 6.54 Å². The summed E-state index contributed by atoms with van der Waals surface area (Å²) in [5.41, 5.74) is 3.16. The largest absolute Gasteiger partial charge is 0.380 e. The first-order valence-electron chi connectivity index (χ1n) is 7.97. The number of aryl methyl sites for hydroxylation is 1. The second-order valence-electron chi connectivity index (χ2n) is 5.81. The summed E-state index contributed by atoms with van der Waals surface area (Å²) in [7, 11) is -3.78. The molecule has 0 aliphatic carbocycles. The standard InChI is InChI=1S/C19H18ClN3O2S/c1-14-6-8-15(9-7-14)12-21-16-10-11-19(22-13-16)23-26(24,25)18-5-3-2-4-17(18)20/h2-11,13,21H,12H2,1H3,(H,22,23). The molecule has 0 aliphatic heterocycles. The Kier molecular flexibility index (Phi) is 5.44. The molecule has 0 amide bonds. The average molecular weight is 388 g/mol. The topological polar surface area (TPSA) is 71.1 Å². The van der Waals surface area contributed by atoms with Crippen LogP contribution in [0.4, 0.5) is 11.5 Å². The summed E-state index contributed by atoms with van der Waals surface area (Å²) < 4.78 is 27.2. The number of anilines is 2. The monoisotopic (exact) mass is 387 g/mol. The van der Waals surface area contributed by atoms with Crippen molar-refractivity contribution in [2.75, 3.05) is 10.0 Å². The third-order valence-corrected chi connectivity index (χ3v) is 5.60. The minimum atomic E-state index is -3.78. The van der Waals surface area contributed by atoms with Crippen molar-refractivity contribution in [3.63, 3.8) is 0 Å². The van der Waals surface area contributed by atoms with Gasteiger partial charge in [0.25, 0.3) is 10.0 Å². The SMILES string of the molecule is Cc1ccc(CNc2ccc(NS(=O)(=O)c3ccccc3Cl)nc2)cc1. The second-order valence-corrected chi connectivity index (χ2v) is 7.87. The van der Waals surface area contributed by atoms with Gasteiger partial charge in [-0.3, -0.25) is 4.72 Å². The molecular formula is C19H18ClN3O2S. The van der Waals surface area contributed by atoms with Crippen LogP contribution in [-0.2, 0) is 16.6 Å². The predicted molar refractivity (Wildman–Crippen MR) is 105 cm³/mol. The number of hydrogen-bond donors (Lipinski definition) is 2. The molecule has 0 unspecified atom stereocenters. The summed E-state index contributed by atoms with van der Waals surface area (Å²) in [6.07, 6.45) is 1.58. The van der Waals surface area contributed by atoms with Crippen LogP contribution in [0.1, 0.15) is 11.1 Å². The van der Waals surface area contributed by atoms with Gasteiger partial charge in [0.1, 0.15) is 10.7 Å². The molecule has 7 heteroatoms. The zero-order valence-corrected chi connectivity index (χ0v) is 15.7. The van der Waals surface area contributed by atoms with Crippen molar-refractivity contribution in [3.8, 4) is 0 Å². The van der Waals surface area contributed by atoms with Gasteiger partial charge in [-0.15, -0.1) is 0 Å². The van der Waals surface area contributed by atoms with E-state index in [0.29, 0.717) is 6.54 Å². The van der Waals surface area contributed by atoms with Gasteiger partial charge in [0.05, 0.1) is 16.9 Å². The van der Waals surface area contributed by atoms with Crippen molar-refractivity contribution in [1.29, 1.82) is 0 Å². The molecule has 5 nitrogen and oxygen atoms in total. The van der Waals surface area contributed by atoms with E-state index in [2.05, 4.69) is 39.3 Å². The molecule has 0 spiro atoms. The second kappa shape index (κ2) is 7.76. The smallest absolute Gasteiger partial charge is 0.264 e. The maximum atomic E-state index is 12.4. The van der Waals surface area contributed by atoms with Crippen LogP contribution < -0.4 is 10.0 Å². The van der Waals surface area contributed by atoms with Crippen LogP contribution in [0.5, 0.6) is 0 Å². The number of aromatic nitrogens is 1. The van der Waals surface area contributed by atoms with E-state index in [1.54, 1.807) is 30.5 Å². The highest BCUT2D eigenvalue weighted by Crippen LogP contribution is 2.23. The number of benzene rings is 2. The number of hydrogen-bond acceptors (Lipinski definition) is 4. The van der Waals surface area contributed by atoms with Crippen molar-refractivity contribution in [2.45, 2.75) is 18.4 Å². The van der Waals surface area contributed by atoms with Crippen LogP contribution in [0, 0.1) is 6.92 Å². The lowest BCUT2D eigenvalue weighted by Gasteiger charge is -2.10. The fourth-order valence-electron chi connectivity index (χ4n) is 2.32. The highest BCUT2D eigenvalue weighted by Gasteiger charge is 2.17. The molecule has 3 rings (SSSR count). The maximum absolute atomic E-state index is 12.4. The summed E-state index contributed by atoms with van der Waals surface area (Å²) in [6, 6.07) is 17.9. The van der Waals surface area contributed by atoms with Gasteiger partial charge < -0.3 is 5.32 Å². The van der Waals surface area contributed by atoms with Crippen molar-refractivity contribution >= 4 is 33.1 Å². The Bertz CT molecular complexity index is 988. The summed E-state index contributed by atoms with van der Waals surface area (Å²) >= 11 is 5.96. The number of nitrogens with one attached hydrogen (secondary N) is 2. The van der Waals surface area contributed by atoms with E-state index in [9.17, 15) is 8.42 Å². The number of halogens is 1. The molecule has 0 aliphatic rings. The molecule has 3 aromatic rings. The van der Waals surface area contributed by atoms with E-state index in [1.165, 1.54) is 17.7 Å². The highest BCUT2D eigenvalue weighted by atomic mass is 35.5. The molecule has 134 valence electrons. The molecule has 0 radical (unpaired) electrons. The van der Waals surface area contributed by atoms with E-state index < -0.39 is 10.0 Å². The molecule has 0 fully saturated rings. The third kappa shape index (κ3) is 4.53. The highest BCUT2D eigenvalue weighted by molar-refractivity contribution is 7.92. The van der Waals surface area contributed by atoms with E-state index >= 15 is 0 Å². The first kappa shape index (κ1) is 18.2. The molecule has 2 N–H and O–H groups in total. The Morgan fingerprint density at radius 3 is 2.38 bits per heavy atom. The first-order chi connectivity index (χ1) is 12.4. The Hall–Kier alpha value is -2.57. The lowest BCUT2D eigenvalue weighted by Crippen LogP contribution is -2.14.